The number of nitrogens with one attached hydrogen (secondary N) is 2. The number of hydrogen-bond acceptors (Lipinski definition) is 4. The zero-order chi connectivity index (χ0) is 14.5. The molecule has 0 spiro atoms. The molecule has 2 aromatic heterocycles. The summed E-state index contributed by atoms with van der Waals surface area (Å²) in [6.07, 6.45) is 2.81. The van der Waals surface area contributed by atoms with Crippen molar-refractivity contribution >= 4 is 17.7 Å². The van der Waals surface area contributed by atoms with Gasteiger partial charge >= 0.3 is 12.0 Å². The summed E-state index contributed by atoms with van der Waals surface area (Å²) in [5.74, 6) is 0.425. The Bertz CT molecular complexity index is 617. The molecule has 8 heteroatoms. The minimum Gasteiger partial charge on any atom is -0.480 e. The Labute approximate surface area is 114 Å². The number of carboxylic acid groups (broad SMARTS) is 1. The van der Waals surface area contributed by atoms with Crippen LogP contribution in [0, 0.1) is 6.92 Å². The third kappa shape index (κ3) is 3.87. The highest BCUT2D eigenvalue weighted by Crippen LogP contribution is 2.07. The summed E-state index contributed by atoms with van der Waals surface area (Å²) in [5.41, 5.74) is 0.416. The lowest BCUT2D eigenvalue weighted by molar-refractivity contribution is -0.137. The van der Waals surface area contributed by atoms with Gasteiger partial charge in [0.05, 0.1) is 18.4 Å². The van der Waals surface area contributed by atoms with Gasteiger partial charge in [-0.25, -0.2) is 4.79 Å². The molecule has 2 aromatic rings. The van der Waals surface area contributed by atoms with E-state index in [-0.39, 0.29) is 13.1 Å². The van der Waals surface area contributed by atoms with Gasteiger partial charge in [-0.1, -0.05) is 0 Å². The molecule has 0 saturated carbocycles. The number of amides is 2. The number of aryl methyl sites for hydroxylation is 1. The first-order valence-corrected chi connectivity index (χ1v) is 5.87. The summed E-state index contributed by atoms with van der Waals surface area (Å²) >= 11 is 0. The van der Waals surface area contributed by atoms with Crippen LogP contribution in [0.15, 0.2) is 28.9 Å². The van der Waals surface area contributed by atoms with Gasteiger partial charge in [0.1, 0.15) is 18.1 Å². The Morgan fingerprint density at radius 3 is 2.90 bits per heavy atom. The summed E-state index contributed by atoms with van der Waals surface area (Å²) in [6.45, 7) is 1.83. The summed E-state index contributed by atoms with van der Waals surface area (Å²) in [7, 11) is 0. The van der Waals surface area contributed by atoms with E-state index in [4.69, 9.17) is 9.52 Å². The second-order valence-corrected chi connectivity index (χ2v) is 4.14. The molecule has 0 saturated heterocycles. The molecule has 0 unspecified atom stereocenters. The van der Waals surface area contributed by atoms with Crippen LogP contribution in [0.2, 0.25) is 0 Å². The fourth-order valence-corrected chi connectivity index (χ4v) is 1.58. The molecule has 2 heterocycles. The molecule has 8 nitrogen and oxygen atoms in total. The van der Waals surface area contributed by atoms with Crippen molar-refractivity contribution in [1.82, 2.24) is 15.1 Å². The fraction of sp³-hybridized carbons (Fsp3) is 0.250. The van der Waals surface area contributed by atoms with E-state index in [1.54, 1.807) is 6.07 Å². The first-order valence-electron chi connectivity index (χ1n) is 5.87. The zero-order valence-corrected chi connectivity index (χ0v) is 10.8. The van der Waals surface area contributed by atoms with Crippen molar-refractivity contribution in [2.24, 2.45) is 0 Å². The largest absolute Gasteiger partial charge is 0.480 e. The zero-order valence-electron chi connectivity index (χ0n) is 10.8. The molecule has 3 N–H and O–H groups in total. The van der Waals surface area contributed by atoms with E-state index in [0.29, 0.717) is 11.4 Å². The maximum Gasteiger partial charge on any atom is 0.325 e. The summed E-state index contributed by atoms with van der Waals surface area (Å²) in [4.78, 5) is 22.1. The average molecular weight is 278 g/mol. The molecule has 0 aliphatic carbocycles. The van der Waals surface area contributed by atoms with Crippen LogP contribution in [0.25, 0.3) is 0 Å². The van der Waals surface area contributed by atoms with E-state index in [0.717, 1.165) is 5.76 Å². The van der Waals surface area contributed by atoms with E-state index in [1.165, 1.54) is 17.1 Å². The lowest BCUT2D eigenvalue weighted by Crippen LogP contribution is -2.27. The van der Waals surface area contributed by atoms with E-state index < -0.39 is 12.0 Å². The molecule has 20 heavy (non-hydrogen) atoms. The number of urea groups is 1. The smallest absolute Gasteiger partial charge is 0.325 e. The third-order valence-electron chi connectivity index (χ3n) is 2.41. The van der Waals surface area contributed by atoms with E-state index in [9.17, 15) is 9.59 Å². The number of carbonyl (C=O) groups excluding carboxylic acids is 1. The Kier molecular flexibility index (Phi) is 4.04. The molecular formula is C12H14N4O4. The van der Waals surface area contributed by atoms with E-state index in [2.05, 4.69) is 15.7 Å². The molecule has 0 bridgehead atoms. The van der Waals surface area contributed by atoms with Crippen LogP contribution in [0.1, 0.15) is 11.5 Å². The second kappa shape index (κ2) is 5.91. The van der Waals surface area contributed by atoms with Crippen LogP contribution in [0.4, 0.5) is 10.5 Å². The molecule has 0 fully saturated rings. The Hall–Kier alpha value is -2.77. The highest BCUT2D eigenvalue weighted by Gasteiger charge is 2.07. The number of nitrogens with zero attached hydrogens (tertiary/aromatic N) is 2. The SMILES string of the molecule is Cc1ccc(CNC(=O)Nc2cnn(CC(=O)O)c2)o1. The number of anilines is 1. The van der Waals surface area contributed by atoms with Gasteiger partial charge in [-0.05, 0) is 19.1 Å². The van der Waals surface area contributed by atoms with Gasteiger partial charge in [-0.2, -0.15) is 5.10 Å². The van der Waals surface area contributed by atoms with Crippen LogP contribution < -0.4 is 10.6 Å². The number of aliphatic carboxylic acids is 1. The van der Waals surface area contributed by atoms with Crippen LogP contribution in [0.5, 0.6) is 0 Å². The average Bonchev–Trinajstić information content (AvgIpc) is 2.95. The quantitative estimate of drug-likeness (QED) is 0.761. The molecule has 106 valence electrons. The molecule has 0 aliphatic heterocycles. The van der Waals surface area contributed by atoms with Crippen LogP contribution in [0.3, 0.4) is 0 Å². The van der Waals surface area contributed by atoms with Crippen molar-refractivity contribution in [2.75, 3.05) is 5.32 Å². The highest BCUT2D eigenvalue weighted by atomic mass is 16.4. The van der Waals surface area contributed by atoms with Gasteiger partial charge in [-0.3, -0.25) is 9.48 Å². The van der Waals surface area contributed by atoms with Gasteiger partial charge in [0, 0.05) is 6.20 Å². The molecule has 2 amide bonds. The minimum atomic E-state index is -1.00. The lowest BCUT2D eigenvalue weighted by Gasteiger charge is -2.03. The molecule has 2 rings (SSSR count). The maximum absolute atomic E-state index is 11.6. The first-order chi connectivity index (χ1) is 9.52. The lowest BCUT2D eigenvalue weighted by atomic mass is 10.4. The van der Waals surface area contributed by atoms with Crippen molar-refractivity contribution in [3.05, 3.63) is 36.0 Å². The molecule has 0 radical (unpaired) electrons. The van der Waals surface area contributed by atoms with Crippen LogP contribution in [-0.2, 0) is 17.9 Å². The van der Waals surface area contributed by atoms with Crippen molar-refractivity contribution in [1.29, 1.82) is 0 Å². The first kappa shape index (κ1) is 13.7. The standard InChI is InChI=1S/C12H14N4O4/c1-8-2-3-10(20-8)5-13-12(19)15-9-4-14-16(6-9)7-11(17)18/h2-4,6H,5,7H2,1H3,(H,17,18)(H2,13,15,19). The minimum absolute atomic E-state index is 0.255. The van der Waals surface area contributed by atoms with Crippen LogP contribution >= 0.6 is 0 Å². The predicted octanol–water partition coefficient (Wildman–Crippen LogP) is 1.19. The van der Waals surface area contributed by atoms with Crippen molar-refractivity contribution < 1.29 is 19.1 Å². The number of carbonyl (C=O) groups is 2. The number of hydrogen-bond donors (Lipinski definition) is 3. The van der Waals surface area contributed by atoms with Gasteiger partial charge in [0.2, 0.25) is 0 Å². The Morgan fingerprint density at radius 1 is 1.45 bits per heavy atom. The molecule has 0 atom stereocenters. The number of rotatable bonds is 5. The predicted molar refractivity (Wildman–Crippen MR) is 69.2 cm³/mol. The van der Waals surface area contributed by atoms with Gasteiger partial charge in [0.15, 0.2) is 0 Å². The van der Waals surface area contributed by atoms with E-state index in [1.807, 2.05) is 13.0 Å². The van der Waals surface area contributed by atoms with Crippen molar-refractivity contribution in [2.45, 2.75) is 20.0 Å². The fourth-order valence-electron chi connectivity index (χ4n) is 1.58. The van der Waals surface area contributed by atoms with Crippen molar-refractivity contribution in [3.63, 3.8) is 0 Å². The monoisotopic (exact) mass is 278 g/mol. The number of carboxylic acids is 1. The number of aromatic nitrogens is 2. The third-order valence-corrected chi connectivity index (χ3v) is 2.41. The summed E-state index contributed by atoms with van der Waals surface area (Å²) in [6, 6.07) is 3.17. The topological polar surface area (TPSA) is 109 Å². The second-order valence-electron chi connectivity index (χ2n) is 4.14. The Balaban J connectivity index is 1.82. The van der Waals surface area contributed by atoms with Gasteiger partial charge in [-0.15, -0.1) is 0 Å². The van der Waals surface area contributed by atoms with Crippen molar-refractivity contribution in [3.8, 4) is 0 Å². The number of furan rings is 1. The molecular weight excluding hydrogens is 264 g/mol. The van der Waals surface area contributed by atoms with Crippen LogP contribution in [-0.4, -0.2) is 26.9 Å². The highest BCUT2D eigenvalue weighted by molar-refractivity contribution is 5.88. The molecule has 0 aliphatic rings. The van der Waals surface area contributed by atoms with Gasteiger partial charge < -0.3 is 20.2 Å². The summed E-state index contributed by atoms with van der Waals surface area (Å²) < 4.78 is 6.52. The van der Waals surface area contributed by atoms with Gasteiger partial charge in [0.25, 0.3) is 0 Å². The van der Waals surface area contributed by atoms with E-state index >= 15 is 0 Å². The Morgan fingerprint density at radius 2 is 2.25 bits per heavy atom. The molecule has 0 aromatic carbocycles. The summed E-state index contributed by atoms with van der Waals surface area (Å²) in [5, 5.41) is 17.6. The maximum atomic E-state index is 11.6. The normalized spacial score (nSPS) is 10.2.